The van der Waals surface area contributed by atoms with Crippen molar-refractivity contribution in [3.8, 4) is 0 Å². The van der Waals surface area contributed by atoms with Crippen LogP contribution in [-0.4, -0.2) is 41.5 Å². The third-order valence-electron chi connectivity index (χ3n) is 12.5. The van der Waals surface area contributed by atoms with Crippen LogP contribution in [0.1, 0.15) is 113 Å². The van der Waals surface area contributed by atoms with Crippen molar-refractivity contribution in [1.82, 2.24) is 0 Å². The minimum absolute atomic E-state index is 0.284. The molecular formula is C42H57N2P. The summed E-state index contributed by atoms with van der Waals surface area (Å²) in [4.78, 5) is 5.90. The highest BCUT2D eigenvalue weighted by molar-refractivity contribution is 7.78. The van der Waals surface area contributed by atoms with Crippen LogP contribution in [-0.2, 0) is 0 Å². The number of hydrogen-bond acceptors (Lipinski definition) is 2. The molecule has 0 atom stereocenters. The summed E-state index contributed by atoms with van der Waals surface area (Å²) < 4.78 is 0. The normalized spacial score (nSPS) is 22.1. The summed E-state index contributed by atoms with van der Waals surface area (Å²) in [7, 11) is 0. The number of aryl methyl sites for hydroxylation is 2. The molecule has 240 valence electrons. The fourth-order valence-corrected chi connectivity index (χ4v) is 18.3. The van der Waals surface area contributed by atoms with Gasteiger partial charge in [-0.15, -0.1) is 0 Å². The molecule has 3 saturated carbocycles. The van der Waals surface area contributed by atoms with Gasteiger partial charge in [-0.1, -0.05) is 137 Å². The summed E-state index contributed by atoms with van der Waals surface area (Å²) in [5.41, 5.74) is 9.09. The van der Waals surface area contributed by atoms with Gasteiger partial charge in [0.2, 0.25) is 0 Å². The molecule has 1 heterocycles. The molecule has 2 nitrogen and oxygen atoms in total. The van der Waals surface area contributed by atoms with Crippen molar-refractivity contribution in [2.75, 3.05) is 22.9 Å². The first-order valence-corrected chi connectivity index (χ1v) is 20.6. The molecule has 3 aliphatic carbocycles. The molecule has 7 rings (SSSR count). The summed E-state index contributed by atoms with van der Waals surface area (Å²) >= 11 is 0. The Morgan fingerprint density at radius 2 is 1.00 bits per heavy atom. The van der Waals surface area contributed by atoms with E-state index in [1.165, 1.54) is 124 Å². The first-order chi connectivity index (χ1) is 22.1. The number of benzene rings is 3. The van der Waals surface area contributed by atoms with Crippen LogP contribution < -0.4 is 9.80 Å². The lowest BCUT2D eigenvalue weighted by molar-refractivity contribution is 0.325. The molecule has 0 amide bonds. The van der Waals surface area contributed by atoms with Crippen LogP contribution in [0.3, 0.4) is 0 Å². The van der Waals surface area contributed by atoms with Gasteiger partial charge in [-0.2, -0.15) is 0 Å². The average Bonchev–Trinajstić information content (AvgIpc) is 3.54. The second kappa shape index (κ2) is 13.7. The molecule has 3 heteroatoms. The van der Waals surface area contributed by atoms with E-state index in [9.17, 15) is 0 Å². The molecule has 0 radical (unpaired) electrons. The second-order valence-corrected chi connectivity index (χ2v) is 19.2. The van der Waals surface area contributed by atoms with Gasteiger partial charge in [-0.05, 0) is 92.5 Å². The van der Waals surface area contributed by atoms with Gasteiger partial charge < -0.3 is 9.80 Å². The van der Waals surface area contributed by atoms with Crippen LogP contribution in [0, 0.1) is 13.8 Å². The zero-order valence-electron chi connectivity index (χ0n) is 28.2. The molecule has 0 N–H and O–H groups in total. The van der Waals surface area contributed by atoms with Crippen LogP contribution in [0.25, 0.3) is 0 Å². The lowest BCUT2D eigenvalue weighted by Crippen LogP contribution is -2.60. The minimum Gasteiger partial charge on any atom is -0.348 e. The van der Waals surface area contributed by atoms with Crippen LogP contribution in [0.5, 0.6) is 0 Å². The quantitative estimate of drug-likeness (QED) is 0.243. The maximum atomic E-state index is 3.06. The summed E-state index contributed by atoms with van der Waals surface area (Å²) in [6.45, 7) is 5.27. The molecule has 0 aromatic heterocycles. The van der Waals surface area contributed by atoms with Crippen LogP contribution in [0.2, 0.25) is 0 Å². The van der Waals surface area contributed by atoms with Gasteiger partial charge in [0.1, 0.15) is 6.17 Å². The van der Waals surface area contributed by atoms with Gasteiger partial charge in [0.05, 0.1) is 0 Å². The van der Waals surface area contributed by atoms with Gasteiger partial charge in [0.15, 0.2) is 0 Å². The minimum atomic E-state index is -1.68. The Balaban J connectivity index is 1.54. The Bertz CT molecular complexity index is 1380. The van der Waals surface area contributed by atoms with Crippen LogP contribution in [0.4, 0.5) is 11.4 Å². The van der Waals surface area contributed by atoms with Gasteiger partial charge >= 0.3 is 0 Å². The number of hydrogen-bond donors (Lipinski definition) is 0. The summed E-state index contributed by atoms with van der Waals surface area (Å²) in [6, 6.07) is 30.5. The fraction of sp³-hybridized carbons (Fsp3) is 0.548. The van der Waals surface area contributed by atoms with Crippen molar-refractivity contribution in [3.05, 3.63) is 95.6 Å². The Morgan fingerprint density at radius 1 is 0.556 bits per heavy atom. The lowest BCUT2D eigenvalue weighted by Gasteiger charge is -2.62. The highest BCUT2D eigenvalue weighted by Crippen LogP contribution is 2.76. The standard InChI is InChI=1S/C42H57N2P/c1-34-19-13-15-27-39(34)43-31-32-44(40-28-16-14-20-35(40)2)41(43)42(29-17-6-18-30-42)45(37-23-9-4-10-24-37,38-25-11-5-12-26-38)33-36-21-7-3-8-22-36/h3,7-8,13-16,19-22,27-28,33,37-38,41H,4-6,9-12,17-18,23-26,29-32H2,1-2H3. The van der Waals surface area contributed by atoms with Crippen LogP contribution in [0.15, 0.2) is 78.9 Å². The Morgan fingerprint density at radius 3 is 1.49 bits per heavy atom. The predicted octanol–water partition coefficient (Wildman–Crippen LogP) is 11.2. The molecule has 0 spiro atoms. The van der Waals surface area contributed by atoms with Gasteiger partial charge in [0.25, 0.3) is 0 Å². The smallest absolute Gasteiger partial charge is 0.111 e. The summed E-state index contributed by atoms with van der Waals surface area (Å²) in [5, 5.41) is 0.284. The largest absolute Gasteiger partial charge is 0.348 e. The zero-order chi connectivity index (χ0) is 30.7. The van der Waals surface area contributed by atoms with Gasteiger partial charge in [0, 0.05) is 29.6 Å². The van der Waals surface area contributed by atoms with E-state index in [-0.39, 0.29) is 5.16 Å². The van der Waals surface area contributed by atoms with E-state index < -0.39 is 6.89 Å². The van der Waals surface area contributed by atoms with Crippen molar-refractivity contribution >= 4 is 24.1 Å². The van der Waals surface area contributed by atoms with E-state index >= 15 is 0 Å². The van der Waals surface area contributed by atoms with Crippen molar-refractivity contribution in [3.63, 3.8) is 0 Å². The average molecular weight is 621 g/mol. The molecule has 45 heavy (non-hydrogen) atoms. The molecule has 0 unspecified atom stereocenters. The van der Waals surface area contributed by atoms with E-state index in [1.54, 1.807) is 0 Å². The van der Waals surface area contributed by atoms with Gasteiger partial charge in [-0.25, -0.2) is 0 Å². The monoisotopic (exact) mass is 620 g/mol. The first-order valence-electron chi connectivity index (χ1n) is 18.6. The van der Waals surface area contributed by atoms with Crippen molar-refractivity contribution in [1.29, 1.82) is 0 Å². The first kappa shape index (κ1) is 31.2. The van der Waals surface area contributed by atoms with E-state index in [0.717, 1.165) is 24.4 Å². The van der Waals surface area contributed by atoms with Crippen LogP contribution >= 0.6 is 6.89 Å². The summed E-state index contributed by atoms with van der Waals surface area (Å²) in [5.74, 6) is 3.06. The highest BCUT2D eigenvalue weighted by Gasteiger charge is 2.60. The molecule has 0 bridgehead atoms. The maximum Gasteiger partial charge on any atom is 0.111 e. The molecule has 1 aliphatic heterocycles. The van der Waals surface area contributed by atoms with Gasteiger partial charge in [-0.3, -0.25) is 0 Å². The number of nitrogens with zero attached hydrogens (tertiary/aromatic N) is 2. The maximum absolute atomic E-state index is 3.06. The lowest BCUT2D eigenvalue weighted by atomic mass is 9.84. The number of anilines is 2. The molecule has 3 aromatic carbocycles. The Kier molecular flexibility index (Phi) is 9.51. The Hall–Kier alpha value is -2.44. The number of para-hydroxylation sites is 2. The van der Waals surface area contributed by atoms with E-state index in [4.69, 9.17) is 0 Å². The molecular weight excluding hydrogens is 563 g/mol. The molecule has 4 fully saturated rings. The van der Waals surface area contributed by atoms with Crippen molar-refractivity contribution in [2.45, 2.75) is 133 Å². The highest BCUT2D eigenvalue weighted by atomic mass is 31.2. The third-order valence-corrected chi connectivity index (χ3v) is 18.9. The molecule has 1 saturated heterocycles. The van der Waals surface area contributed by atoms with Crippen molar-refractivity contribution < 1.29 is 0 Å². The predicted molar refractivity (Wildman–Crippen MR) is 199 cm³/mol. The third kappa shape index (κ3) is 5.73. The number of rotatable bonds is 7. The Labute approximate surface area is 274 Å². The van der Waals surface area contributed by atoms with E-state index in [1.807, 2.05) is 0 Å². The van der Waals surface area contributed by atoms with E-state index in [0.29, 0.717) is 6.17 Å². The van der Waals surface area contributed by atoms with Crippen molar-refractivity contribution in [2.24, 2.45) is 0 Å². The molecule has 4 aliphatic rings. The SMILES string of the molecule is Cc1ccccc1N1CCN(c2ccccc2C)C1C1(P(=Cc2ccccc2)(C2CCCCC2)C2CCCCC2)CCCCC1. The fourth-order valence-electron chi connectivity index (χ4n) is 10.7. The molecule has 3 aromatic rings. The topological polar surface area (TPSA) is 6.48 Å². The second-order valence-electron chi connectivity index (χ2n) is 15.0. The van der Waals surface area contributed by atoms with E-state index in [2.05, 4.69) is 108 Å². The zero-order valence-corrected chi connectivity index (χ0v) is 29.1. The summed E-state index contributed by atoms with van der Waals surface area (Å²) in [6.07, 6.45) is 21.8.